The van der Waals surface area contributed by atoms with E-state index in [0.29, 0.717) is 0 Å². The molecule has 3 aromatic carbocycles. The Balaban J connectivity index is 1.83. The minimum Gasteiger partial charge on any atom is -0.468 e. The van der Waals surface area contributed by atoms with Crippen LogP contribution in [0.3, 0.4) is 0 Å². The summed E-state index contributed by atoms with van der Waals surface area (Å²) in [6.45, 7) is 2.02. The number of methoxy groups -OCH3 is 1. The minimum atomic E-state index is -0.777. The van der Waals surface area contributed by atoms with E-state index < -0.39 is 5.41 Å². The van der Waals surface area contributed by atoms with Gasteiger partial charge in [0.05, 0.1) is 7.11 Å². The van der Waals surface area contributed by atoms with Crippen molar-refractivity contribution in [3.05, 3.63) is 102 Å². The molecular weight excluding hydrogens is 320 g/mol. The van der Waals surface area contributed by atoms with E-state index in [-0.39, 0.29) is 5.97 Å². The number of ether oxygens (including phenoxy) is 1. The van der Waals surface area contributed by atoms with E-state index in [0.717, 1.165) is 33.4 Å². The number of rotatable bonds is 4. The molecule has 128 valence electrons. The molecule has 0 amide bonds. The van der Waals surface area contributed by atoms with Crippen LogP contribution in [0.15, 0.2) is 90.5 Å². The van der Waals surface area contributed by atoms with Crippen molar-refractivity contribution in [3.8, 4) is 11.1 Å². The first-order valence-corrected chi connectivity index (χ1v) is 8.71. The van der Waals surface area contributed by atoms with Crippen molar-refractivity contribution in [1.82, 2.24) is 0 Å². The van der Waals surface area contributed by atoms with Gasteiger partial charge >= 0.3 is 5.97 Å². The lowest BCUT2D eigenvalue weighted by Crippen LogP contribution is -2.27. The molecule has 1 aliphatic rings. The van der Waals surface area contributed by atoms with Gasteiger partial charge in [-0.25, -0.2) is 0 Å². The molecule has 1 aliphatic carbocycles. The molecule has 1 atom stereocenters. The minimum absolute atomic E-state index is 0.223. The Labute approximate surface area is 153 Å². The molecule has 0 fully saturated rings. The van der Waals surface area contributed by atoms with Gasteiger partial charge in [0.15, 0.2) is 0 Å². The average Bonchev–Trinajstić information content (AvgIpc) is 3.35. The smallest absolute Gasteiger partial charge is 0.325 e. The number of hydrogen-bond acceptors (Lipinski definition) is 2. The quantitative estimate of drug-likeness (QED) is 0.606. The molecular formula is C24H20O2. The first-order chi connectivity index (χ1) is 12.7. The summed E-state index contributed by atoms with van der Waals surface area (Å²) < 4.78 is 5.22. The highest BCUT2D eigenvalue weighted by Crippen LogP contribution is 2.60. The molecule has 0 saturated heterocycles. The lowest BCUT2D eigenvalue weighted by molar-refractivity contribution is -0.142. The third-order valence-electron chi connectivity index (χ3n) is 5.21. The normalized spacial score (nSPS) is 18.5. The Morgan fingerprint density at radius 3 is 1.96 bits per heavy atom. The van der Waals surface area contributed by atoms with E-state index >= 15 is 0 Å². The summed E-state index contributed by atoms with van der Waals surface area (Å²) in [5.41, 5.74) is 5.59. The first-order valence-electron chi connectivity index (χ1n) is 8.71. The van der Waals surface area contributed by atoms with Gasteiger partial charge < -0.3 is 4.74 Å². The van der Waals surface area contributed by atoms with Crippen LogP contribution >= 0.6 is 0 Å². The van der Waals surface area contributed by atoms with Gasteiger partial charge in [-0.1, -0.05) is 78.9 Å². The molecule has 0 aliphatic heterocycles. The zero-order valence-electron chi connectivity index (χ0n) is 14.9. The fourth-order valence-electron chi connectivity index (χ4n) is 3.89. The topological polar surface area (TPSA) is 26.3 Å². The predicted octanol–water partition coefficient (Wildman–Crippen LogP) is 5.25. The third kappa shape index (κ3) is 2.38. The SMILES string of the molecule is COC(=O)[C@@]1(c2cccc(-c3ccccc3)c2)C(C)=C1c1ccccc1. The Kier molecular flexibility index (Phi) is 3.96. The summed E-state index contributed by atoms with van der Waals surface area (Å²) in [6, 6.07) is 28.5. The van der Waals surface area contributed by atoms with Crippen molar-refractivity contribution < 1.29 is 9.53 Å². The lowest BCUT2D eigenvalue weighted by atomic mass is 9.85. The monoisotopic (exact) mass is 340 g/mol. The molecule has 0 aromatic heterocycles. The molecule has 0 N–H and O–H groups in total. The summed E-state index contributed by atoms with van der Waals surface area (Å²) in [7, 11) is 1.46. The van der Waals surface area contributed by atoms with Crippen LogP contribution < -0.4 is 0 Å². The van der Waals surface area contributed by atoms with E-state index in [1.807, 2.05) is 67.6 Å². The van der Waals surface area contributed by atoms with Crippen LogP contribution in [0.25, 0.3) is 16.7 Å². The van der Waals surface area contributed by atoms with Crippen molar-refractivity contribution in [2.24, 2.45) is 0 Å². The molecule has 0 saturated carbocycles. The van der Waals surface area contributed by atoms with Gasteiger partial charge in [-0.3, -0.25) is 4.79 Å². The summed E-state index contributed by atoms with van der Waals surface area (Å²) in [5, 5.41) is 0. The van der Waals surface area contributed by atoms with Crippen molar-refractivity contribution in [2.45, 2.75) is 12.3 Å². The zero-order valence-corrected chi connectivity index (χ0v) is 14.9. The van der Waals surface area contributed by atoms with Crippen molar-refractivity contribution >= 4 is 11.5 Å². The van der Waals surface area contributed by atoms with Crippen LogP contribution in [-0.2, 0) is 14.9 Å². The van der Waals surface area contributed by atoms with Gasteiger partial charge in [-0.05, 0) is 46.4 Å². The number of esters is 1. The van der Waals surface area contributed by atoms with E-state index in [9.17, 15) is 4.79 Å². The lowest BCUT2D eigenvalue weighted by Gasteiger charge is -2.19. The van der Waals surface area contributed by atoms with Crippen LogP contribution in [0.4, 0.5) is 0 Å². The summed E-state index contributed by atoms with van der Waals surface area (Å²) in [4.78, 5) is 12.9. The summed E-state index contributed by atoms with van der Waals surface area (Å²) >= 11 is 0. The van der Waals surface area contributed by atoms with Gasteiger partial charge in [0, 0.05) is 0 Å². The second-order valence-corrected chi connectivity index (χ2v) is 6.55. The van der Waals surface area contributed by atoms with E-state index in [2.05, 4.69) is 24.3 Å². The van der Waals surface area contributed by atoms with Gasteiger partial charge in [0.25, 0.3) is 0 Å². The maximum absolute atomic E-state index is 12.9. The van der Waals surface area contributed by atoms with Gasteiger partial charge in [0.2, 0.25) is 0 Å². The first kappa shape index (κ1) is 16.3. The molecule has 0 radical (unpaired) electrons. The van der Waals surface area contributed by atoms with Gasteiger partial charge in [-0.15, -0.1) is 0 Å². The molecule has 0 spiro atoms. The Morgan fingerprint density at radius 2 is 1.35 bits per heavy atom. The van der Waals surface area contributed by atoms with Crippen LogP contribution in [-0.4, -0.2) is 13.1 Å². The maximum atomic E-state index is 12.9. The third-order valence-corrected chi connectivity index (χ3v) is 5.21. The summed E-state index contributed by atoms with van der Waals surface area (Å²) in [5.74, 6) is -0.223. The average molecular weight is 340 g/mol. The number of benzene rings is 3. The second-order valence-electron chi connectivity index (χ2n) is 6.55. The molecule has 0 bridgehead atoms. The number of carbonyl (C=O) groups excluding carboxylic acids is 1. The van der Waals surface area contributed by atoms with Crippen molar-refractivity contribution in [1.29, 1.82) is 0 Å². The van der Waals surface area contributed by atoms with Crippen molar-refractivity contribution in [2.75, 3.05) is 7.11 Å². The van der Waals surface area contributed by atoms with Crippen LogP contribution in [0, 0.1) is 0 Å². The zero-order chi connectivity index (χ0) is 18.1. The number of hydrogen-bond donors (Lipinski definition) is 0. The van der Waals surface area contributed by atoms with Gasteiger partial charge in [-0.2, -0.15) is 0 Å². The van der Waals surface area contributed by atoms with Crippen LogP contribution in [0.1, 0.15) is 18.1 Å². The Morgan fingerprint density at radius 1 is 0.769 bits per heavy atom. The fourth-order valence-corrected chi connectivity index (χ4v) is 3.89. The van der Waals surface area contributed by atoms with E-state index in [4.69, 9.17) is 4.74 Å². The molecule has 2 nitrogen and oxygen atoms in total. The highest BCUT2D eigenvalue weighted by molar-refractivity contribution is 6.15. The largest absolute Gasteiger partial charge is 0.468 e. The molecule has 3 aromatic rings. The van der Waals surface area contributed by atoms with E-state index in [1.165, 1.54) is 7.11 Å². The standard InChI is InChI=1S/C24H20O2/c1-17-22(19-12-7-4-8-13-19)24(17,23(25)26-2)21-15-9-14-20(16-21)18-10-5-3-6-11-18/h3-16H,1-2H3/t24-/m1/s1. The second kappa shape index (κ2) is 6.30. The Hall–Kier alpha value is -3.13. The van der Waals surface area contributed by atoms with E-state index in [1.54, 1.807) is 0 Å². The highest BCUT2D eigenvalue weighted by atomic mass is 16.5. The highest BCUT2D eigenvalue weighted by Gasteiger charge is 2.59. The molecule has 0 heterocycles. The number of carbonyl (C=O) groups is 1. The fraction of sp³-hybridized carbons (Fsp3) is 0.125. The molecule has 26 heavy (non-hydrogen) atoms. The van der Waals surface area contributed by atoms with Crippen molar-refractivity contribution in [3.63, 3.8) is 0 Å². The Bertz CT molecular complexity index is 987. The molecule has 2 heteroatoms. The molecule has 0 unspecified atom stereocenters. The molecule has 4 rings (SSSR count). The predicted molar refractivity (Wildman–Crippen MR) is 105 cm³/mol. The van der Waals surface area contributed by atoms with Crippen LogP contribution in [0.2, 0.25) is 0 Å². The van der Waals surface area contributed by atoms with Crippen LogP contribution in [0.5, 0.6) is 0 Å². The summed E-state index contributed by atoms with van der Waals surface area (Å²) in [6.07, 6.45) is 0. The maximum Gasteiger partial charge on any atom is 0.325 e. The van der Waals surface area contributed by atoms with Gasteiger partial charge in [0.1, 0.15) is 5.41 Å².